The van der Waals surface area contributed by atoms with Gasteiger partial charge in [0, 0.05) is 18.5 Å². The molecule has 0 spiro atoms. The number of fused-ring (bicyclic) bond motifs is 1. The van der Waals surface area contributed by atoms with Crippen molar-refractivity contribution in [1.29, 1.82) is 0 Å². The Morgan fingerprint density at radius 1 is 1.20 bits per heavy atom. The zero-order valence-corrected chi connectivity index (χ0v) is 19.8. The summed E-state index contributed by atoms with van der Waals surface area (Å²) in [4.78, 5) is 31.3. The van der Waals surface area contributed by atoms with Crippen LogP contribution < -0.4 is 10.1 Å². The van der Waals surface area contributed by atoms with Gasteiger partial charge >= 0.3 is 0 Å². The Hall–Kier alpha value is -3.68. The van der Waals surface area contributed by atoms with E-state index in [1.54, 1.807) is 12.1 Å². The second kappa shape index (κ2) is 9.52. The van der Waals surface area contributed by atoms with E-state index in [1.165, 1.54) is 18.4 Å². The number of ether oxygens (including phenoxy) is 1. The van der Waals surface area contributed by atoms with Gasteiger partial charge in [0.05, 0.1) is 6.04 Å². The quantitative estimate of drug-likeness (QED) is 0.545. The molecule has 1 fully saturated rings. The lowest BCUT2D eigenvalue weighted by molar-refractivity contribution is -0.136. The van der Waals surface area contributed by atoms with Crippen LogP contribution in [0.5, 0.6) is 5.75 Å². The highest BCUT2D eigenvalue weighted by Gasteiger charge is 2.33. The standard InChI is InChI=1S/C27H28FN3O4/c1-16(2)27(33)31-12-11-17-5-10-21(13-22(17)25(31)18-3-6-19(28)7-4-18)34-15-24-30-23(14-35-24)26(32)29-20-8-9-20/h3-7,10,13-14,16,20,25H,8-9,11-12,15H2,1-2H3,(H,29,32)/t25-/m0/s1. The second-order valence-corrected chi connectivity index (χ2v) is 9.41. The number of oxazole rings is 1. The fourth-order valence-electron chi connectivity index (χ4n) is 4.37. The molecule has 2 heterocycles. The molecule has 0 saturated heterocycles. The van der Waals surface area contributed by atoms with Crippen molar-refractivity contribution >= 4 is 11.8 Å². The number of nitrogens with one attached hydrogen (secondary N) is 1. The predicted molar refractivity (Wildman–Crippen MR) is 126 cm³/mol. The van der Waals surface area contributed by atoms with Crippen LogP contribution in [-0.2, 0) is 17.8 Å². The summed E-state index contributed by atoms with van der Waals surface area (Å²) in [6.45, 7) is 4.42. The van der Waals surface area contributed by atoms with E-state index in [0.717, 1.165) is 36.0 Å². The Balaban J connectivity index is 1.37. The first-order valence-corrected chi connectivity index (χ1v) is 12.0. The molecule has 1 aliphatic heterocycles. The van der Waals surface area contributed by atoms with Gasteiger partial charge < -0.3 is 19.4 Å². The Kier molecular flexibility index (Phi) is 6.28. The van der Waals surface area contributed by atoms with Crippen LogP contribution in [0.3, 0.4) is 0 Å². The van der Waals surface area contributed by atoms with Crippen molar-refractivity contribution in [1.82, 2.24) is 15.2 Å². The number of carbonyl (C=O) groups excluding carboxylic acids is 2. The van der Waals surface area contributed by atoms with Gasteiger partial charge in [-0.2, -0.15) is 0 Å². The molecule has 7 nitrogen and oxygen atoms in total. The first-order chi connectivity index (χ1) is 16.9. The van der Waals surface area contributed by atoms with Crippen LogP contribution in [0.15, 0.2) is 53.1 Å². The average molecular weight is 478 g/mol. The van der Waals surface area contributed by atoms with Crippen LogP contribution in [0.2, 0.25) is 0 Å². The van der Waals surface area contributed by atoms with Crippen molar-refractivity contribution < 1.29 is 23.1 Å². The SMILES string of the molecule is CC(C)C(=O)N1CCc2ccc(OCc3nc(C(=O)NC4CC4)co3)cc2[C@@H]1c1ccc(F)cc1. The lowest BCUT2D eigenvalue weighted by Gasteiger charge is -2.39. The van der Waals surface area contributed by atoms with E-state index >= 15 is 0 Å². The van der Waals surface area contributed by atoms with E-state index in [4.69, 9.17) is 9.15 Å². The van der Waals surface area contributed by atoms with E-state index in [0.29, 0.717) is 18.2 Å². The van der Waals surface area contributed by atoms with Crippen LogP contribution >= 0.6 is 0 Å². The summed E-state index contributed by atoms with van der Waals surface area (Å²) in [6.07, 6.45) is 4.06. The lowest BCUT2D eigenvalue weighted by atomic mass is 9.87. The summed E-state index contributed by atoms with van der Waals surface area (Å²) in [5.74, 6) is 0.226. The molecule has 0 unspecified atom stereocenters. The number of hydrogen-bond donors (Lipinski definition) is 1. The molecule has 0 radical (unpaired) electrons. The topological polar surface area (TPSA) is 84.7 Å². The number of aromatic nitrogens is 1. The molecular weight excluding hydrogens is 449 g/mol. The van der Waals surface area contributed by atoms with Crippen LogP contribution in [0.4, 0.5) is 4.39 Å². The summed E-state index contributed by atoms with van der Waals surface area (Å²) >= 11 is 0. The van der Waals surface area contributed by atoms with Gasteiger partial charge in [-0.15, -0.1) is 0 Å². The molecule has 2 aromatic carbocycles. The average Bonchev–Trinajstić information content (AvgIpc) is 3.54. The molecule has 2 amide bonds. The lowest BCUT2D eigenvalue weighted by Crippen LogP contribution is -2.42. The van der Waals surface area contributed by atoms with Crippen LogP contribution in [0.25, 0.3) is 0 Å². The third kappa shape index (κ3) is 5.06. The van der Waals surface area contributed by atoms with Gasteiger partial charge in [-0.1, -0.05) is 32.0 Å². The molecule has 1 saturated carbocycles. The van der Waals surface area contributed by atoms with Crippen molar-refractivity contribution in [2.45, 2.75) is 51.8 Å². The van der Waals surface area contributed by atoms with E-state index in [1.807, 2.05) is 36.9 Å². The molecule has 1 aliphatic carbocycles. The minimum absolute atomic E-state index is 0.0492. The third-order valence-electron chi connectivity index (χ3n) is 6.37. The molecule has 5 rings (SSSR count). The number of nitrogens with zero attached hydrogens (tertiary/aromatic N) is 2. The number of benzene rings is 2. The summed E-state index contributed by atoms with van der Waals surface area (Å²) in [5.41, 5.74) is 3.15. The molecule has 8 heteroatoms. The van der Waals surface area contributed by atoms with Crippen molar-refractivity contribution in [2.75, 3.05) is 6.54 Å². The van der Waals surface area contributed by atoms with Gasteiger partial charge in [-0.3, -0.25) is 9.59 Å². The molecule has 2 aliphatic rings. The Bertz CT molecular complexity index is 1230. The monoisotopic (exact) mass is 477 g/mol. The van der Waals surface area contributed by atoms with Gasteiger partial charge in [-0.25, -0.2) is 9.37 Å². The van der Waals surface area contributed by atoms with Crippen molar-refractivity contribution in [3.05, 3.63) is 82.8 Å². The molecule has 1 aromatic heterocycles. The highest BCUT2D eigenvalue weighted by atomic mass is 19.1. The molecular formula is C27H28FN3O4. The second-order valence-electron chi connectivity index (χ2n) is 9.41. The van der Waals surface area contributed by atoms with Gasteiger partial charge in [-0.05, 0) is 60.2 Å². The largest absolute Gasteiger partial charge is 0.484 e. The van der Waals surface area contributed by atoms with E-state index in [2.05, 4.69) is 10.3 Å². The zero-order chi connectivity index (χ0) is 24.5. The Morgan fingerprint density at radius 2 is 1.97 bits per heavy atom. The highest BCUT2D eigenvalue weighted by Crippen LogP contribution is 2.38. The Morgan fingerprint density at radius 3 is 2.69 bits per heavy atom. The maximum atomic E-state index is 13.6. The van der Waals surface area contributed by atoms with Crippen LogP contribution in [-0.4, -0.2) is 34.3 Å². The van der Waals surface area contributed by atoms with Crippen molar-refractivity contribution in [3.8, 4) is 5.75 Å². The number of hydrogen-bond acceptors (Lipinski definition) is 5. The van der Waals surface area contributed by atoms with E-state index in [9.17, 15) is 14.0 Å². The van der Waals surface area contributed by atoms with E-state index < -0.39 is 0 Å². The van der Waals surface area contributed by atoms with Gasteiger partial charge in [0.15, 0.2) is 12.3 Å². The summed E-state index contributed by atoms with van der Waals surface area (Å²) in [5, 5.41) is 2.88. The zero-order valence-electron chi connectivity index (χ0n) is 19.8. The first-order valence-electron chi connectivity index (χ1n) is 12.0. The van der Waals surface area contributed by atoms with Crippen LogP contribution in [0, 0.1) is 11.7 Å². The number of amides is 2. The minimum Gasteiger partial charge on any atom is -0.484 e. The number of rotatable bonds is 7. The highest BCUT2D eigenvalue weighted by molar-refractivity contribution is 5.92. The number of halogens is 1. The van der Waals surface area contributed by atoms with Gasteiger partial charge in [0.2, 0.25) is 11.8 Å². The fraction of sp³-hybridized carbons (Fsp3) is 0.370. The summed E-state index contributed by atoms with van der Waals surface area (Å²) in [7, 11) is 0. The van der Waals surface area contributed by atoms with Crippen LogP contribution in [0.1, 0.15) is 65.8 Å². The third-order valence-corrected chi connectivity index (χ3v) is 6.37. The smallest absolute Gasteiger partial charge is 0.273 e. The summed E-state index contributed by atoms with van der Waals surface area (Å²) in [6, 6.07) is 12.0. The molecule has 3 aromatic rings. The summed E-state index contributed by atoms with van der Waals surface area (Å²) < 4.78 is 25.0. The maximum Gasteiger partial charge on any atom is 0.273 e. The molecule has 1 N–H and O–H groups in total. The fourth-order valence-corrected chi connectivity index (χ4v) is 4.37. The first kappa shape index (κ1) is 23.1. The number of carbonyl (C=O) groups is 2. The van der Waals surface area contributed by atoms with Crippen molar-refractivity contribution in [3.63, 3.8) is 0 Å². The van der Waals surface area contributed by atoms with Gasteiger partial charge in [0.25, 0.3) is 5.91 Å². The molecule has 182 valence electrons. The van der Waals surface area contributed by atoms with E-state index in [-0.39, 0.29) is 47.9 Å². The normalized spacial score (nSPS) is 17.3. The van der Waals surface area contributed by atoms with Gasteiger partial charge in [0.1, 0.15) is 17.8 Å². The molecule has 0 bridgehead atoms. The van der Waals surface area contributed by atoms with Crippen molar-refractivity contribution in [2.24, 2.45) is 5.92 Å². The maximum absolute atomic E-state index is 13.6. The molecule has 1 atom stereocenters. The predicted octanol–water partition coefficient (Wildman–Crippen LogP) is 4.42. The Labute approximate surface area is 203 Å². The molecule has 35 heavy (non-hydrogen) atoms. The minimum atomic E-state index is -0.336.